The van der Waals surface area contributed by atoms with Gasteiger partial charge in [-0.15, -0.1) is 0 Å². The minimum absolute atomic E-state index is 0.0312. The molecule has 2 rings (SSSR count). The summed E-state index contributed by atoms with van der Waals surface area (Å²) in [7, 11) is 1.82. The lowest BCUT2D eigenvalue weighted by Gasteiger charge is -2.16. The van der Waals surface area contributed by atoms with E-state index in [1.807, 2.05) is 37.4 Å². The van der Waals surface area contributed by atoms with Crippen molar-refractivity contribution >= 4 is 28.9 Å². The predicted octanol–water partition coefficient (Wildman–Crippen LogP) is 1.25. The van der Waals surface area contributed by atoms with E-state index in [1.165, 1.54) is 0 Å². The lowest BCUT2D eigenvalue weighted by Crippen LogP contribution is -2.30. The van der Waals surface area contributed by atoms with E-state index in [9.17, 15) is 4.79 Å². The number of anilines is 1. The SMILES string of the molecule is CN1CC(=O)N(c2ccccc2)C1=S. The summed E-state index contributed by atoms with van der Waals surface area (Å²) in [5.74, 6) is 0.0312. The summed E-state index contributed by atoms with van der Waals surface area (Å²) in [5, 5.41) is 0.571. The molecular weight excluding hydrogens is 196 g/mol. The number of carbonyl (C=O) groups is 1. The Balaban J connectivity index is 2.36. The number of benzene rings is 1. The molecule has 0 aromatic heterocycles. The van der Waals surface area contributed by atoms with Gasteiger partial charge in [0.2, 0.25) is 0 Å². The number of rotatable bonds is 1. The van der Waals surface area contributed by atoms with Crippen molar-refractivity contribution in [2.24, 2.45) is 0 Å². The molecule has 1 aromatic carbocycles. The molecule has 1 heterocycles. The van der Waals surface area contributed by atoms with E-state index < -0.39 is 0 Å². The summed E-state index contributed by atoms with van der Waals surface area (Å²) in [6, 6.07) is 9.45. The molecule has 0 aliphatic carbocycles. The lowest BCUT2D eigenvalue weighted by molar-refractivity contribution is -0.116. The predicted molar refractivity (Wildman–Crippen MR) is 59.2 cm³/mol. The maximum atomic E-state index is 11.6. The molecule has 1 fully saturated rings. The second-order valence-electron chi connectivity index (χ2n) is 3.20. The largest absolute Gasteiger partial charge is 0.342 e. The van der Waals surface area contributed by atoms with Crippen molar-refractivity contribution in [2.45, 2.75) is 0 Å². The Morgan fingerprint density at radius 3 is 2.43 bits per heavy atom. The van der Waals surface area contributed by atoms with Gasteiger partial charge in [-0.3, -0.25) is 9.69 Å². The highest BCUT2D eigenvalue weighted by Crippen LogP contribution is 2.19. The van der Waals surface area contributed by atoms with Gasteiger partial charge in [-0.1, -0.05) is 18.2 Å². The van der Waals surface area contributed by atoms with Gasteiger partial charge in [0, 0.05) is 7.05 Å². The Morgan fingerprint density at radius 1 is 1.29 bits per heavy atom. The zero-order chi connectivity index (χ0) is 10.1. The van der Waals surface area contributed by atoms with Crippen LogP contribution < -0.4 is 4.90 Å². The molecule has 0 N–H and O–H groups in total. The van der Waals surface area contributed by atoms with Gasteiger partial charge in [0.1, 0.15) is 0 Å². The fourth-order valence-electron chi connectivity index (χ4n) is 1.45. The van der Waals surface area contributed by atoms with E-state index in [4.69, 9.17) is 12.2 Å². The van der Waals surface area contributed by atoms with E-state index >= 15 is 0 Å². The van der Waals surface area contributed by atoms with Crippen molar-refractivity contribution in [3.05, 3.63) is 30.3 Å². The van der Waals surface area contributed by atoms with E-state index in [0.717, 1.165) is 5.69 Å². The first-order valence-electron chi connectivity index (χ1n) is 4.33. The molecular formula is C10H10N2OS. The van der Waals surface area contributed by atoms with Crippen LogP contribution in [0.25, 0.3) is 0 Å². The number of thiocarbonyl (C=S) groups is 1. The highest BCUT2D eigenvalue weighted by molar-refractivity contribution is 7.80. The Labute approximate surface area is 87.9 Å². The fraction of sp³-hybridized carbons (Fsp3) is 0.200. The van der Waals surface area contributed by atoms with E-state index in [2.05, 4.69) is 0 Å². The first kappa shape index (κ1) is 9.15. The quantitative estimate of drug-likeness (QED) is 0.646. The Hall–Kier alpha value is -1.42. The number of para-hydroxylation sites is 1. The van der Waals surface area contributed by atoms with Gasteiger partial charge in [0.15, 0.2) is 5.11 Å². The zero-order valence-corrected chi connectivity index (χ0v) is 8.62. The molecule has 4 heteroatoms. The van der Waals surface area contributed by atoms with Gasteiger partial charge >= 0.3 is 0 Å². The average Bonchev–Trinajstić information content (AvgIpc) is 2.43. The molecule has 72 valence electrons. The first-order valence-corrected chi connectivity index (χ1v) is 4.74. The average molecular weight is 206 g/mol. The van der Waals surface area contributed by atoms with Crippen LogP contribution in [0.2, 0.25) is 0 Å². The molecule has 1 amide bonds. The van der Waals surface area contributed by atoms with Crippen molar-refractivity contribution in [2.75, 3.05) is 18.5 Å². The van der Waals surface area contributed by atoms with Gasteiger partial charge in [0.05, 0.1) is 12.2 Å². The molecule has 0 atom stereocenters. The van der Waals surface area contributed by atoms with Crippen molar-refractivity contribution < 1.29 is 4.79 Å². The number of carbonyl (C=O) groups excluding carboxylic acids is 1. The van der Waals surface area contributed by atoms with Gasteiger partial charge in [0.25, 0.3) is 5.91 Å². The molecule has 14 heavy (non-hydrogen) atoms. The third-order valence-electron chi connectivity index (χ3n) is 2.15. The number of hydrogen-bond donors (Lipinski definition) is 0. The molecule has 0 unspecified atom stereocenters. The van der Waals surface area contributed by atoms with E-state index in [0.29, 0.717) is 11.7 Å². The smallest absolute Gasteiger partial charge is 0.252 e. The van der Waals surface area contributed by atoms with Crippen LogP contribution in [-0.2, 0) is 4.79 Å². The number of amides is 1. The van der Waals surface area contributed by atoms with Crippen LogP contribution in [0.5, 0.6) is 0 Å². The summed E-state index contributed by atoms with van der Waals surface area (Å²) < 4.78 is 0. The molecule has 0 bridgehead atoms. The van der Waals surface area contributed by atoms with Crippen molar-refractivity contribution in [3.8, 4) is 0 Å². The molecule has 0 radical (unpaired) electrons. The third kappa shape index (κ3) is 1.37. The fourth-order valence-corrected chi connectivity index (χ4v) is 1.72. The normalized spacial score (nSPS) is 16.6. The molecule has 1 aromatic rings. The highest BCUT2D eigenvalue weighted by Gasteiger charge is 2.30. The topological polar surface area (TPSA) is 23.6 Å². The van der Waals surface area contributed by atoms with Crippen LogP contribution >= 0.6 is 12.2 Å². The summed E-state index contributed by atoms with van der Waals surface area (Å²) in [6.45, 7) is 0.369. The van der Waals surface area contributed by atoms with E-state index in [-0.39, 0.29) is 5.91 Å². The molecule has 0 saturated carbocycles. The van der Waals surface area contributed by atoms with E-state index in [1.54, 1.807) is 9.80 Å². The second-order valence-corrected chi connectivity index (χ2v) is 3.57. The van der Waals surface area contributed by atoms with Gasteiger partial charge < -0.3 is 4.90 Å². The van der Waals surface area contributed by atoms with Crippen molar-refractivity contribution in [1.82, 2.24) is 4.90 Å². The van der Waals surface area contributed by atoms with Crippen LogP contribution in [0.1, 0.15) is 0 Å². The van der Waals surface area contributed by atoms with Crippen LogP contribution in [0.4, 0.5) is 5.69 Å². The molecule has 1 aliphatic heterocycles. The lowest BCUT2D eigenvalue weighted by atomic mass is 10.3. The Kier molecular flexibility index (Phi) is 2.21. The van der Waals surface area contributed by atoms with Crippen LogP contribution in [-0.4, -0.2) is 29.5 Å². The minimum Gasteiger partial charge on any atom is -0.342 e. The van der Waals surface area contributed by atoms with Crippen molar-refractivity contribution in [1.29, 1.82) is 0 Å². The summed E-state index contributed by atoms with van der Waals surface area (Å²) >= 11 is 5.15. The van der Waals surface area contributed by atoms with Crippen LogP contribution in [0, 0.1) is 0 Å². The van der Waals surface area contributed by atoms with Gasteiger partial charge in [-0.2, -0.15) is 0 Å². The van der Waals surface area contributed by atoms with Crippen LogP contribution in [0.3, 0.4) is 0 Å². The highest BCUT2D eigenvalue weighted by atomic mass is 32.1. The molecule has 1 aliphatic rings. The standard InChI is InChI=1S/C10H10N2OS/c1-11-7-9(13)12(10(11)14)8-5-3-2-4-6-8/h2-6H,7H2,1H3. The number of hydrogen-bond acceptors (Lipinski definition) is 2. The molecule has 1 saturated heterocycles. The number of nitrogens with zero attached hydrogens (tertiary/aromatic N) is 2. The molecule has 0 spiro atoms. The summed E-state index contributed by atoms with van der Waals surface area (Å²) in [5.41, 5.74) is 0.840. The van der Waals surface area contributed by atoms with Crippen molar-refractivity contribution in [3.63, 3.8) is 0 Å². The van der Waals surface area contributed by atoms with Crippen LogP contribution in [0.15, 0.2) is 30.3 Å². The zero-order valence-electron chi connectivity index (χ0n) is 7.80. The Morgan fingerprint density at radius 2 is 1.93 bits per heavy atom. The molecule has 3 nitrogen and oxygen atoms in total. The first-order chi connectivity index (χ1) is 6.70. The van der Waals surface area contributed by atoms with Gasteiger partial charge in [-0.05, 0) is 24.4 Å². The second kappa shape index (κ2) is 3.38. The monoisotopic (exact) mass is 206 g/mol. The summed E-state index contributed by atoms with van der Waals surface area (Å²) in [6.07, 6.45) is 0. The maximum Gasteiger partial charge on any atom is 0.252 e. The van der Waals surface area contributed by atoms with Gasteiger partial charge in [-0.25, -0.2) is 0 Å². The maximum absolute atomic E-state index is 11.6. The minimum atomic E-state index is 0.0312. The summed E-state index contributed by atoms with van der Waals surface area (Å²) in [4.78, 5) is 14.9. The Bertz CT molecular complexity index is 377. The number of likely N-dealkylation sites (N-methyl/N-ethyl adjacent to an activating group) is 1. The third-order valence-corrected chi connectivity index (χ3v) is 2.65.